The summed E-state index contributed by atoms with van der Waals surface area (Å²) in [6, 6.07) is 21.7. The van der Waals surface area contributed by atoms with E-state index in [0.29, 0.717) is 18.7 Å². The molecule has 0 fully saturated rings. The summed E-state index contributed by atoms with van der Waals surface area (Å²) in [6.07, 6.45) is 0. The van der Waals surface area contributed by atoms with Gasteiger partial charge in [0.05, 0.1) is 12.2 Å². The van der Waals surface area contributed by atoms with E-state index in [4.69, 9.17) is 0 Å². The molecule has 3 rings (SSSR count). The summed E-state index contributed by atoms with van der Waals surface area (Å²) in [6.45, 7) is 0.755. The molecule has 1 heterocycles. The van der Waals surface area contributed by atoms with Crippen molar-refractivity contribution in [2.24, 2.45) is 0 Å². The summed E-state index contributed by atoms with van der Waals surface area (Å²) in [5.74, 6) is 0.804. The highest BCUT2D eigenvalue weighted by atomic mass is 32.2. The van der Waals surface area contributed by atoms with Crippen LogP contribution in [-0.4, -0.2) is 29.1 Å². The molecule has 0 saturated carbocycles. The number of carbonyl (C=O) groups is 1. The fraction of sp³-hybridized carbons (Fsp3) is 0.190. The van der Waals surface area contributed by atoms with Gasteiger partial charge >= 0.3 is 0 Å². The van der Waals surface area contributed by atoms with Crippen LogP contribution < -0.4 is 0 Å². The first kappa shape index (κ1) is 18.7. The predicted octanol–water partition coefficient (Wildman–Crippen LogP) is 4.68. The quantitative estimate of drug-likeness (QED) is 0.575. The van der Waals surface area contributed by atoms with E-state index in [0.717, 1.165) is 16.2 Å². The largest absolute Gasteiger partial charge is 0.395 e. The van der Waals surface area contributed by atoms with E-state index in [9.17, 15) is 9.90 Å². The Labute approximate surface area is 162 Å². The maximum atomic E-state index is 13.1. The lowest BCUT2D eigenvalue weighted by Crippen LogP contribution is -2.33. The van der Waals surface area contributed by atoms with Crippen LogP contribution in [0.4, 0.5) is 0 Å². The minimum absolute atomic E-state index is 0.0443. The minimum atomic E-state index is -0.0525. The average Bonchev–Trinajstić information content (AvgIpc) is 3.20. The van der Waals surface area contributed by atoms with Crippen LogP contribution >= 0.6 is 23.1 Å². The van der Waals surface area contributed by atoms with Gasteiger partial charge in [0.2, 0.25) is 0 Å². The second-order valence-corrected chi connectivity index (χ2v) is 7.85. The van der Waals surface area contributed by atoms with Gasteiger partial charge in [-0.1, -0.05) is 48.5 Å². The molecule has 0 aliphatic heterocycles. The van der Waals surface area contributed by atoms with E-state index in [1.165, 1.54) is 4.88 Å². The zero-order valence-corrected chi connectivity index (χ0v) is 16.0. The van der Waals surface area contributed by atoms with Crippen LogP contribution in [0.15, 0.2) is 77.0 Å². The van der Waals surface area contributed by atoms with Gasteiger partial charge in [0.1, 0.15) is 0 Å². The molecule has 5 heteroatoms. The number of thioether (sulfide) groups is 1. The fourth-order valence-electron chi connectivity index (χ4n) is 2.66. The zero-order chi connectivity index (χ0) is 18.2. The number of aliphatic hydroxyl groups excluding tert-OH is 1. The third-order valence-electron chi connectivity index (χ3n) is 3.94. The van der Waals surface area contributed by atoms with Crippen molar-refractivity contribution in [3.63, 3.8) is 0 Å². The Balaban J connectivity index is 1.77. The number of amides is 1. The molecule has 0 aliphatic carbocycles. The van der Waals surface area contributed by atoms with Crippen molar-refractivity contribution >= 4 is 29.0 Å². The van der Waals surface area contributed by atoms with E-state index in [2.05, 4.69) is 11.4 Å². The molecule has 0 radical (unpaired) electrons. The fourth-order valence-corrected chi connectivity index (χ4v) is 4.48. The summed E-state index contributed by atoms with van der Waals surface area (Å²) in [7, 11) is 0. The highest BCUT2D eigenvalue weighted by Crippen LogP contribution is 2.29. The van der Waals surface area contributed by atoms with Gasteiger partial charge in [-0.25, -0.2) is 0 Å². The van der Waals surface area contributed by atoms with Crippen molar-refractivity contribution in [2.75, 3.05) is 13.2 Å². The molecule has 0 bridgehead atoms. The molecule has 0 aliphatic rings. The first-order valence-electron chi connectivity index (χ1n) is 8.46. The van der Waals surface area contributed by atoms with E-state index in [1.807, 2.05) is 60.7 Å². The monoisotopic (exact) mass is 383 g/mol. The minimum Gasteiger partial charge on any atom is -0.395 e. The third-order valence-corrected chi connectivity index (χ3v) is 6.12. The Morgan fingerprint density at radius 2 is 1.77 bits per heavy atom. The lowest BCUT2D eigenvalue weighted by molar-refractivity contribution is 0.0704. The molecule has 1 aromatic heterocycles. The van der Waals surface area contributed by atoms with Gasteiger partial charge in [-0.05, 0) is 29.1 Å². The molecule has 0 saturated heterocycles. The highest BCUT2D eigenvalue weighted by Gasteiger charge is 2.19. The molecule has 3 aromatic rings. The Bertz CT molecular complexity index is 819. The number of thiophene rings is 1. The van der Waals surface area contributed by atoms with Crippen molar-refractivity contribution in [3.8, 4) is 0 Å². The molecule has 0 atom stereocenters. The van der Waals surface area contributed by atoms with E-state index < -0.39 is 0 Å². The van der Waals surface area contributed by atoms with Crippen molar-refractivity contribution in [2.45, 2.75) is 17.2 Å². The first-order valence-corrected chi connectivity index (χ1v) is 10.3. The molecule has 134 valence electrons. The highest BCUT2D eigenvalue weighted by molar-refractivity contribution is 7.98. The molecule has 0 unspecified atom stereocenters. The number of carbonyl (C=O) groups excluding carboxylic acids is 1. The number of rotatable bonds is 8. The van der Waals surface area contributed by atoms with Crippen molar-refractivity contribution < 1.29 is 9.90 Å². The summed E-state index contributed by atoms with van der Waals surface area (Å²) < 4.78 is 0. The normalized spacial score (nSPS) is 10.7. The summed E-state index contributed by atoms with van der Waals surface area (Å²) in [5.41, 5.74) is 1.75. The van der Waals surface area contributed by atoms with Gasteiger partial charge in [0, 0.05) is 28.6 Å². The predicted molar refractivity (Wildman–Crippen MR) is 109 cm³/mol. The molecule has 3 nitrogen and oxygen atoms in total. The van der Waals surface area contributed by atoms with Crippen LogP contribution in [0.1, 0.15) is 20.8 Å². The van der Waals surface area contributed by atoms with Crippen LogP contribution in [0.2, 0.25) is 0 Å². The van der Waals surface area contributed by atoms with Gasteiger partial charge in [-0.3, -0.25) is 4.79 Å². The van der Waals surface area contributed by atoms with E-state index in [1.54, 1.807) is 28.0 Å². The maximum absolute atomic E-state index is 13.1. The number of hydrogen-bond donors (Lipinski definition) is 1. The lowest BCUT2D eigenvalue weighted by atomic mass is 10.1. The van der Waals surface area contributed by atoms with Crippen LogP contribution in [0.3, 0.4) is 0 Å². The smallest absolute Gasteiger partial charge is 0.255 e. The second-order valence-electron chi connectivity index (χ2n) is 5.80. The summed E-state index contributed by atoms with van der Waals surface area (Å²) >= 11 is 3.40. The molecule has 1 amide bonds. The molecule has 26 heavy (non-hydrogen) atoms. The summed E-state index contributed by atoms with van der Waals surface area (Å²) in [5, 5.41) is 11.5. The average molecular weight is 384 g/mol. The van der Waals surface area contributed by atoms with Crippen LogP contribution in [0.5, 0.6) is 0 Å². The zero-order valence-electron chi connectivity index (χ0n) is 14.4. The third kappa shape index (κ3) is 4.97. The number of hydrogen-bond acceptors (Lipinski definition) is 4. The van der Waals surface area contributed by atoms with Gasteiger partial charge in [0.25, 0.3) is 5.91 Å². The van der Waals surface area contributed by atoms with Crippen LogP contribution in [0, 0.1) is 0 Å². The van der Waals surface area contributed by atoms with Gasteiger partial charge in [0.15, 0.2) is 0 Å². The SMILES string of the molecule is O=C(c1ccccc1SCc1cccs1)N(CCO)Cc1ccccc1. The molecule has 2 aromatic carbocycles. The second kappa shape index (κ2) is 9.57. The topological polar surface area (TPSA) is 40.5 Å². The van der Waals surface area contributed by atoms with Crippen molar-refractivity contribution in [1.29, 1.82) is 0 Å². The summed E-state index contributed by atoms with van der Waals surface area (Å²) in [4.78, 5) is 17.1. The Morgan fingerprint density at radius 3 is 2.50 bits per heavy atom. The van der Waals surface area contributed by atoms with Crippen LogP contribution in [0.25, 0.3) is 0 Å². The van der Waals surface area contributed by atoms with E-state index >= 15 is 0 Å². The van der Waals surface area contributed by atoms with Gasteiger partial charge in [-0.2, -0.15) is 0 Å². The first-order chi connectivity index (χ1) is 12.8. The molecular weight excluding hydrogens is 362 g/mol. The Kier molecular flexibility index (Phi) is 6.89. The maximum Gasteiger partial charge on any atom is 0.255 e. The standard InChI is InChI=1S/C21H21NO2S2/c23-13-12-22(15-17-7-2-1-3-8-17)21(24)19-10-4-5-11-20(19)26-16-18-9-6-14-25-18/h1-11,14,23H,12-13,15-16H2. The lowest BCUT2D eigenvalue weighted by Gasteiger charge is -2.23. The number of aliphatic hydroxyl groups is 1. The van der Waals surface area contributed by atoms with Gasteiger partial charge < -0.3 is 10.0 Å². The number of nitrogens with zero attached hydrogens (tertiary/aromatic N) is 1. The molecule has 0 spiro atoms. The van der Waals surface area contributed by atoms with Crippen LogP contribution in [-0.2, 0) is 12.3 Å². The Hall–Kier alpha value is -2.08. The van der Waals surface area contributed by atoms with Gasteiger partial charge in [-0.15, -0.1) is 23.1 Å². The Morgan fingerprint density at radius 1 is 1.00 bits per heavy atom. The number of benzene rings is 2. The molecule has 1 N–H and O–H groups in total. The molecular formula is C21H21NO2S2. The van der Waals surface area contributed by atoms with Crippen molar-refractivity contribution in [3.05, 3.63) is 88.1 Å². The van der Waals surface area contributed by atoms with Crippen molar-refractivity contribution in [1.82, 2.24) is 4.90 Å². The van der Waals surface area contributed by atoms with E-state index in [-0.39, 0.29) is 12.5 Å².